The molecule has 0 aromatic heterocycles. The topological polar surface area (TPSA) is 70.9 Å². The molecule has 1 saturated heterocycles. The molecule has 2 aromatic carbocycles. The largest absolute Gasteiger partial charge is 0.325 e. The van der Waals surface area contributed by atoms with E-state index in [-0.39, 0.29) is 18.3 Å². The van der Waals surface area contributed by atoms with Crippen LogP contribution in [0.15, 0.2) is 53.4 Å². The van der Waals surface area contributed by atoms with Crippen LogP contribution in [0, 0.1) is 5.82 Å². The van der Waals surface area contributed by atoms with Crippen molar-refractivity contribution in [3.05, 3.63) is 59.9 Å². The monoisotopic (exact) mass is 420 g/mol. The second kappa shape index (κ2) is 9.02. The Morgan fingerprint density at radius 2 is 1.66 bits per heavy atom. The van der Waals surface area contributed by atoms with Crippen LogP contribution in [0.3, 0.4) is 0 Å². The number of carbonyl (C=O) groups is 1. The van der Waals surface area contributed by atoms with E-state index in [4.69, 9.17) is 0 Å². The molecule has 1 amide bonds. The molecular weight excluding hydrogens is 393 g/mol. The van der Waals surface area contributed by atoms with Crippen LogP contribution in [-0.2, 0) is 14.8 Å². The minimum Gasteiger partial charge on any atom is -0.325 e. The predicted molar refractivity (Wildman–Crippen MR) is 110 cm³/mol. The van der Waals surface area contributed by atoms with Crippen LogP contribution in [0.4, 0.5) is 10.1 Å². The first kappa shape index (κ1) is 21.4. The summed E-state index contributed by atoms with van der Waals surface area (Å²) in [7, 11) is -3.53. The van der Waals surface area contributed by atoms with Crippen molar-refractivity contribution in [2.75, 3.05) is 38.0 Å². The van der Waals surface area contributed by atoms with Gasteiger partial charge in [-0.2, -0.15) is 4.31 Å². The molecule has 2 N–H and O–H groups in total. The lowest BCUT2D eigenvalue weighted by Crippen LogP contribution is -3.15. The highest BCUT2D eigenvalue weighted by molar-refractivity contribution is 7.89. The minimum absolute atomic E-state index is 0.174. The zero-order valence-corrected chi connectivity index (χ0v) is 17.5. The molecule has 0 saturated carbocycles. The van der Waals surface area contributed by atoms with E-state index >= 15 is 0 Å². The Balaban J connectivity index is 1.54. The predicted octanol–water partition coefficient (Wildman–Crippen LogP) is 1.48. The fourth-order valence-corrected chi connectivity index (χ4v) is 4.80. The molecule has 1 fully saturated rings. The number of quaternary nitrogens is 1. The Kier molecular flexibility index (Phi) is 6.66. The van der Waals surface area contributed by atoms with Gasteiger partial charge in [0.1, 0.15) is 5.82 Å². The van der Waals surface area contributed by atoms with Crippen molar-refractivity contribution in [2.45, 2.75) is 24.7 Å². The molecule has 1 heterocycles. The summed E-state index contributed by atoms with van der Waals surface area (Å²) in [5.41, 5.74) is 1.65. The third-order valence-electron chi connectivity index (χ3n) is 5.15. The summed E-state index contributed by atoms with van der Waals surface area (Å²) in [5, 5.41) is 2.74. The van der Waals surface area contributed by atoms with Crippen molar-refractivity contribution in [3.8, 4) is 0 Å². The average Bonchev–Trinajstić information content (AvgIpc) is 2.70. The number of amides is 1. The second-order valence-electron chi connectivity index (χ2n) is 7.61. The van der Waals surface area contributed by atoms with E-state index in [1.807, 2.05) is 12.1 Å². The van der Waals surface area contributed by atoms with E-state index in [9.17, 15) is 17.6 Å². The van der Waals surface area contributed by atoms with Crippen LogP contribution in [0.1, 0.15) is 25.3 Å². The lowest BCUT2D eigenvalue weighted by molar-refractivity contribution is -0.895. The number of anilines is 1. The smallest absolute Gasteiger partial charge is 0.279 e. The van der Waals surface area contributed by atoms with Crippen LogP contribution in [0.2, 0.25) is 0 Å². The first-order valence-electron chi connectivity index (χ1n) is 9.75. The summed E-state index contributed by atoms with van der Waals surface area (Å²) in [4.78, 5) is 13.5. The van der Waals surface area contributed by atoms with Crippen molar-refractivity contribution in [2.24, 2.45) is 0 Å². The van der Waals surface area contributed by atoms with Gasteiger partial charge in [-0.15, -0.1) is 0 Å². The zero-order valence-electron chi connectivity index (χ0n) is 16.7. The van der Waals surface area contributed by atoms with Crippen molar-refractivity contribution >= 4 is 21.6 Å². The Morgan fingerprint density at radius 1 is 1.07 bits per heavy atom. The molecular formula is C21H27FN3O3S+. The van der Waals surface area contributed by atoms with Gasteiger partial charge in [0.05, 0.1) is 31.1 Å². The highest BCUT2D eigenvalue weighted by Gasteiger charge is 2.31. The summed E-state index contributed by atoms with van der Waals surface area (Å²) < 4.78 is 40.2. The summed E-state index contributed by atoms with van der Waals surface area (Å²) in [6.45, 7) is 6.23. The van der Waals surface area contributed by atoms with Gasteiger partial charge in [-0.05, 0) is 47.9 Å². The Bertz CT molecular complexity index is 936. The van der Waals surface area contributed by atoms with Gasteiger partial charge in [-0.3, -0.25) is 4.79 Å². The third-order valence-corrected chi connectivity index (χ3v) is 7.07. The number of hydrogen-bond acceptors (Lipinski definition) is 3. The summed E-state index contributed by atoms with van der Waals surface area (Å²) in [6.07, 6.45) is 0. The van der Waals surface area contributed by atoms with Gasteiger partial charge >= 0.3 is 0 Å². The van der Waals surface area contributed by atoms with Gasteiger partial charge in [0, 0.05) is 5.69 Å². The quantitative estimate of drug-likeness (QED) is 0.744. The van der Waals surface area contributed by atoms with Crippen LogP contribution in [-0.4, -0.2) is 51.4 Å². The van der Waals surface area contributed by atoms with Crippen molar-refractivity contribution in [1.82, 2.24) is 4.31 Å². The van der Waals surface area contributed by atoms with E-state index < -0.39 is 10.0 Å². The van der Waals surface area contributed by atoms with Gasteiger partial charge in [-0.25, -0.2) is 12.8 Å². The van der Waals surface area contributed by atoms with Crippen molar-refractivity contribution in [3.63, 3.8) is 0 Å². The van der Waals surface area contributed by atoms with E-state index in [2.05, 4.69) is 19.2 Å². The maximum atomic E-state index is 12.9. The molecule has 8 heteroatoms. The van der Waals surface area contributed by atoms with Gasteiger partial charge in [0.15, 0.2) is 6.54 Å². The Hall–Kier alpha value is -2.29. The fourth-order valence-electron chi connectivity index (χ4n) is 3.36. The first-order valence-corrected chi connectivity index (χ1v) is 11.2. The van der Waals surface area contributed by atoms with Crippen LogP contribution >= 0.6 is 0 Å². The maximum absolute atomic E-state index is 12.9. The van der Waals surface area contributed by atoms with Gasteiger partial charge in [-0.1, -0.05) is 26.0 Å². The van der Waals surface area contributed by atoms with Crippen LogP contribution in [0.5, 0.6) is 0 Å². The molecule has 29 heavy (non-hydrogen) atoms. The van der Waals surface area contributed by atoms with Crippen LogP contribution in [0.25, 0.3) is 0 Å². The lowest BCUT2D eigenvalue weighted by Gasteiger charge is -2.31. The number of carbonyl (C=O) groups excluding carboxylic acids is 1. The van der Waals surface area contributed by atoms with Crippen LogP contribution < -0.4 is 10.2 Å². The number of halogens is 1. The van der Waals surface area contributed by atoms with E-state index in [1.165, 1.54) is 28.6 Å². The number of nitrogens with one attached hydrogen (secondary N) is 2. The minimum atomic E-state index is -3.53. The zero-order chi connectivity index (χ0) is 21.0. The molecule has 2 aromatic rings. The normalized spacial score (nSPS) is 16.1. The highest BCUT2D eigenvalue weighted by atomic mass is 32.2. The maximum Gasteiger partial charge on any atom is 0.279 e. The first-order chi connectivity index (χ1) is 13.8. The summed E-state index contributed by atoms with van der Waals surface area (Å²) in [5.74, 6) is -0.183. The van der Waals surface area contributed by atoms with Gasteiger partial charge in [0.25, 0.3) is 5.91 Å². The molecule has 0 unspecified atom stereocenters. The fraction of sp³-hybridized carbons (Fsp3) is 0.381. The second-order valence-corrected chi connectivity index (χ2v) is 9.55. The molecule has 1 aliphatic rings. The number of benzene rings is 2. The highest BCUT2D eigenvalue weighted by Crippen LogP contribution is 2.20. The number of sulfonamides is 1. The van der Waals surface area contributed by atoms with E-state index in [0.29, 0.717) is 42.7 Å². The van der Waals surface area contributed by atoms with Gasteiger partial charge < -0.3 is 10.2 Å². The van der Waals surface area contributed by atoms with Crippen molar-refractivity contribution < 1.29 is 22.5 Å². The number of nitrogens with zero attached hydrogens (tertiary/aromatic N) is 1. The third kappa shape index (κ3) is 5.41. The van der Waals surface area contributed by atoms with E-state index in [0.717, 1.165) is 10.5 Å². The molecule has 0 bridgehead atoms. The SMILES string of the molecule is CC(C)c1ccc(S(=O)(=O)N2CC[NH+](CC(=O)Nc3ccc(F)cc3)CC2)cc1. The lowest BCUT2D eigenvalue weighted by atomic mass is 10.0. The molecule has 0 aliphatic carbocycles. The average molecular weight is 421 g/mol. The molecule has 0 radical (unpaired) electrons. The van der Waals surface area contributed by atoms with Crippen molar-refractivity contribution in [1.29, 1.82) is 0 Å². The number of piperazine rings is 1. The summed E-state index contributed by atoms with van der Waals surface area (Å²) in [6, 6.07) is 12.7. The standard InChI is InChI=1S/C21H26FN3O3S/c1-16(2)17-3-9-20(10-4-17)29(27,28)25-13-11-24(12-14-25)15-21(26)23-19-7-5-18(22)6-8-19/h3-10,16H,11-15H2,1-2H3,(H,23,26)/p+1. The molecule has 0 atom stereocenters. The number of rotatable bonds is 6. The number of hydrogen-bond donors (Lipinski definition) is 2. The Morgan fingerprint density at radius 3 is 2.21 bits per heavy atom. The Labute approximate surface area is 171 Å². The molecule has 6 nitrogen and oxygen atoms in total. The molecule has 1 aliphatic heterocycles. The molecule has 0 spiro atoms. The molecule has 156 valence electrons. The van der Waals surface area contributed by atoms with Gasteiger partial charge in [0.2, 0.25) is 10.0 Å². The van der Waals surface area contributed by atoms with E-state index in [1.54, 1.807) is 12.1 Å². The molecule has 3 rings (SSSR count). The summed E-state index contributed by atoms with van der Waals surface area (Å²) >= 11 is 0.